The summed E-state index contributed by atoms with van der Waals surface area (Å²) < 4.78 is 1.87. The minimum absolute atomic E-state index is 0.599. The van der Waals surface area contributed by atoms with Gasteiger partial charge in [-0.1, -0.05) is 6.92 Å². The number of hydrogen-bond donors (Lipinski definition) is 1. The first-order valence-electron chi connectivity index (χ1n) is 4.62. The highest BCUT2D eigenvalue weighted by Gasteiger charge is 2.45. The summed E-state index contributed by atoms with van der Waals surface area (Å²) in [5.41, 5.74) is -0.713. The highest BCUT2D eigenvalue weighted by atomic mass is 16.3. The van der Waals surface area contributed by atoms with Crippen molar-refractivity contribution >= 4 is 0 Å². The molecule has 0 atom stereocenters. The van der Waals surface area contributed by atoms with Gasteiger partial charge in [0.15, 0.2) is 5.82 Å². The number of aromatic nitrogens is 3. The smallest absolute Gasteiger partial charge is 0.164 e. The molecule has 0 saturated heterocycles. The zero-order valence-corrected chi connectivity index (χ0v) is 8.28. The van der Waals surface area contributed by atoms with Crippen LogP contribution in [0.5, 0.6) is 0 Å². The Hall–Kier alpha value is -0.900. The van der Waals surface area contributed by atoms with Gasteiger partial charge in [0, 0.05) is 7.05 Å². The normalized spacial score (nSPS) is 33.1. The van der Waals surface area contributed by atoms with Gasteiger partial charge in [-0.25, -0.2) is 0 Å². The van der Waals surface area contributed by atoms with Crippen LogP contribution in [-0.4, -0.2) is 19.9 Å². The maximum absolute atomic E-state index is 10.1. The number of rotatable bonds is 1. The minimum Gasteiger partial charge on any atom is -0.382 e. The third-order valence-electron chi connectivity index (χ3n) is 2.88. The van der Waals surface area contributed by atoms with E-state index in [0.29, 0.717) is 11.7 Å². The number of aliphatic hydroxyl groups is 1. The highest BCUT2D eigenvalue weighted by molar-refractivity contribution is 5.10. The Bertz CT molecular complexity index is 326. The lowest BCUT2D eigenvalue weighted by Crippen LogP contribution is -2.42. The Morgan fingerprint density at radius 2 is 2.08 bits per heavy atom. The van der Waals surface area contributed by atoms with Crippen molar-refractivity contribution in [3.05, 3.63) is 11.6 Å². The first-order valence-corrected chi connectivity index (χ1v) is 4.62. The Balaban J connectivity index is 2.31. The lowest BCUT2D eigenvalue weighted by atomic mass is 9.71. The van der Waals surface area contributed by atoms with Gasteiger partial charge in [-0.3, -0.25) is 0 Å². The largest absolute Gasteiger partial charge is 0.382 e. The number of hydrogen-bond acceptors (Lipinski definition) is 3. The molecule has 0 bridgehead atoms. The monoisotopic (exact) mass is 181 g/mol. The maximum Gasteiger partial charge on any atom is 0.164 e. The van der Waals surface area contributed by atoms with Gasteiger partial charge in [0.05, 0.1) is 0 Å². The van der Waals surface area contributed by atoms with E-state index < -0.39 is 5.60 Å². The Labute approximate surface area is 77.6 Å². The van der Waals surface area contributed by atoms with Crippen LogP contribution < -0.4 is 0 Å². The summed E-state index contributed by atoms with van der Waals surface area (Å²) in [4.78, 5) is 0. The molecule has 1 aliphatic rings. The fourth-order valence-corrected chi connectivity index (χ4v) is 2.09. The molecule has 1 heterocycles. The molecule has 1 aromatic rings. The van der Waals surface area contributed by atoms with E-state index in [1.165, 1.54) is 0 Å². The van der Waals surface area contributed by atoms with Crippen LogP contribution in [0.25, 0.3) is 0 Å². The average Bonchev–Trinajstić information content (AvgIpc) is 2.30. The van der Waals surface area contributed by atoms with E-state index in [2.05, 4.69) is 17.1 Å². The Morgan fingerprint density at radius 3 is 2.46 bits per heavy atom. The molecule has 0 aliphatic heterocycles. The second-order valence-electron chi connectivity index (χ2n) is 4.17. The maximum atomic E-state index is 10.1. The van der Waals surface area contributed by atoms with Crippen LogP contribution in [0.2, 0.25) is 0 Å². The van der Waals surface area contributed by atoms with Gasteiger partial charge in [0.2, 0.25) is 0 Å². The van der Waals surface area contributed by atoms with Gasteiger partial charge in [-0.05, 0) is 25.7 Å². The van der Waals surface area contributed by atoms with E-state index >= 15 is 0 Å². The fraction of sp³-hybridized carbons (Fsp3) is 0.778. The van der Waals surface area contributed by atoms with Gasteiger partial charge >= 0.3 is 0 Å². The third-order valence-corrected chi connectivity index (χ3v) is 2.88. The first kappa shape index (κ1) is 8.69. The van der Waals surface area contributed by atoms with Crippen molar-refractivity contribution in [2.45, 2.75) is 32.3 Å². The molecular formula is C9H15N3O. The van der Waals surface area contributed by atoms with Crippen molar-refractivity contribution in [1.82, 2.24) is 14.8 Å². The van der Waals surface area contributed by atoms with Crippen molar-refractivity contribution in [1.29, 1.82) is 0 Å². The fourth-order valence-electron chi connectivity index (χ4n) is 2.09. The van der Waals surface area contributed by atoms with Crippen LogP contribution in [0.15, 0.2) is 0 Å². The van der Waals surface area contributed by atoms with Crippen molar-refractivity contribution < 1.29 is 5.11 Å². The molecule has 1 fully saturated rings. The number of aryl methyl sites for hydroxylation is 1. The van der Waals surface area contributed by atoms with Crippen molar-refractivity contribution in [3.8, 4) is 0 Å². The van der Waals surface area contributed by atoms with E-state index in [0.717, 1.165) is 18.7 Å². The van der Waals surface area contributed by atoms with Crippen molar-refractivity contribution in [2.24, 2.45) is 13.0 Å². The minimum atomic E-state index is -0.713. The lowest BCUT2D eigenvalue weighted by molar-refractivity contribution is -0.0831. The number of nitrogens with zero attached hydrogens (tertiary/aromatic N) is 3. The Morgan fingerprint density at radius 1 is 1.46 bits per heavy atom. The van der Waals surface area contributed by atoms with E-state index in [9.17, 15) is 5.11 Å². The molecule has 0 unspecified atom stereocenters. The summed E-state index contributed by atoms with van der Waals surface area (Å²) in [6.45, 7) is 4.03. The van der Waals surface area contributed by atoms with Crippen molar-refractivity contribution in [3.63, 3.8) is 0 Å². The topological polar surface area (TPSA) is 50.9 Å². The van der Waals surface area contributed by atoms with Crippen LogP contribution in [0.1, 0.15) is 31.4 Å². The molecule has 0 radical (unpaired) electrons. The molecular weight excluding hydrogens is 166 g/mol. The molecule has 1 N–H and O–H groups in total. The summed E-state index contributed by atoms with van der Waals surface area (Å²) in [7, 11) is 1.89. The molecule has 72 valence electrons. The van der Waals surface area contributed by atoms with E-state index in [4.69, 9.17) is 0 Å². The second-order valence-corrected chi connectivity index (χ2v) is 4.17. The lowest BCUT2D eigenvalue weighted by Gasteiger charge is -2.40. The zero-order chi connectivity index (χ0) is 9.64. The van der Waals surface area contributed by atoms with Crippen LogP contribution in [0.3, 0.4) is 0 Å². The summed E-state index contributed by atoms with van der Waals surface area (Å²) in [6.07, 6.45) is 1.61. The van der Waals surface area contributed by atoms with Crippen LogP contribution in [-0.2, 0) is 12.6 Å². The molecule has 1 saturated carbocycles. The molecule has 13 heavy (non-hydrogen) atoms. The molecule has 4 nitrogen and oxygen atoms in total. The van der Waals surface area contributed by atoms with E-state index in [1.54, 1.807) is 0 Å². The van der Waals surface area contributed by atoms with E-state index in [-0.39, 0.29) is 0 Å². The molecule has 1 aliphatic carbocycles. The SMILES string of the molecule is Cc1nnc(C2(O)CC(C)C2)n1C. The van der Waals surface area contributed by atoms with Gasteiger partial charge in [-0.2, -0.15) is 0 Å². The molecule has 1 aromatic heterocycles. The highest BCUT2D eigenvalue weighted by Crippen LogP contribution is 2.44. The predicted octanol–water partition coefficient (Wildman–Crippen LogP) is 0.741. The van der Waals surface area contributed by atoms with Crippen LogP contribution >= 0.6 is 0 Å². The summed E-state index contributed by atoms with van der Waals surface area (Å²) in [5, 5.41) is 18.1. The van der Waals surface area contributed by atoms with E-state index in [1.807, 2.05) is 18.5 Å². The molecule has 0 amide bonds. The molecule has 0 aromatic carbocycles. The molecule has 2 rings (SSSR count). The van der Waals surface area contributed by atoms with Gasteiger partial charge in [-0.15, -0.1) is 10.2 Å². The summed E-state index contributed by atoms with van der Waals surface area (Å²) in [6, 6.07) is 0. The summed E-state index contributed by atoms with van der Waals surface area (Å²) >= 11 is 0. The molecule has 4 heteroatoms. The summed E-state index contributed by atoms with van der Waals surface area (Å²) in [5.74, 6) is 2.16. The van der Waals surface area contributed by atoms with Crippen LogP contribution in [0, 0.1) is 12.8 Å². The molecule has 0 spiro atoms. The second kappa shape index (κ2) is 2.54. The van der Waals surface area contributed by atoms with Crippen LogP contribution in [0.4, 0.5) is 0 Å². The third kappa shape index (κ3) is 1.16. The zero-order valence-electron chi connectivity index (χ0n) is 8.28. The average molecular weight is 181 g/mol. The first-order chi connectivity index (χ1) is 6.03. The quantitative estimate of drug-likeness (QED) is 0.695. The Kier molecular flexibility index (Phi) is 1.70. The predicted molar refractivity (Wildman–Crippen MR) is 48.0 cm³/mol. The van der Waals surface area contributed by atoms with Crippen molar-refractivity contribution in [2.75, 3.05) is 0 Å². The van der Waals surface area contributed by atoms with Gasteiger partial charge < -0.3 is 9.67 Å². The van der Waals surface area contributed by atoms with Gasteiger partial charge in [0.1, 0.15) is 11.4 Å². The van der Waals surface area contributed by atoms with Gasteiger partial charge in [0.25, 0.3) is 0 Å². The standard InChI is InChI=1S/C9H15N3O/c1-6-4-9(13,5-6)8-11-10-7(2)12(8)3/h6,13H,4-5H2,1-3H3.